The molecule has 2 aliphatic rings. The van der Waals surface area contributed by atoms with Crippen molar-refractivity contribution in [2.24, 2.45) is 0 Å². The number of hydrogen-bond donors (Lipinski definition) is 0. The van der Waals surface area contributed by atoms with E-state index >= 15 is 0 Å². The summed E-state index contributed by atoms with van der Waals surface area (Å²) in [7, 11) is -2.84. The van der Waals surface area contributed by atoms with E-state index in [9.17, 15) is 8.42 Å². The first-order valence-corrected chi connectivity index (χ1v) is 6.94. The highest BCUT2D eigenvalue weighted by molar-refractivity contribution is 7.93. The van der Waals surface area contributed by atoms with Crippen LogP contribution in [0.25, 0.3) is 0 Å². The molecule has 0 saturated carbocycles. The molecule has 2 atom stereocenters. The monoisotopic (exact) mass is 227 g/mol. The fraction of sp³-hybridized carbons (Fsp3) is 0.818. The summed E-state index contributed by atoms with van der Waals surface area (Å²) < 4.78 is 23.7. The highest BCUT2D eigenvalue weighted by Crippen LogP contribution is 2.35. The molecular formula is C11H17NO2S. The van der Waals surface area contributed by atoms with E-state index in [0.717, 1.165) is 12.8 Å². The Morgan fingerprint density at radius 1 is 1.27 bits per heavy atom. The molecule has 0 aromatic carbocycles. The lowest BCUT2D eigenvalue weighted by Crippen LogP contribution is -2.55. The highest BCUT2D eigenvalue weighted by Gasteiger charge is 2.48. The van der Waals surface area contributed by atoms with Crippen LogP contribution in [-0.2, 0) is 9.84 Å². The Morgan fingerprint density at radius 2 is 1.73 bits per heavy atom. The van der Waals surface area contributed by atoms with E-state index in [1.54, 1.807) is 0 Å². The van der Waals surface area contributed by atoms with Gasteiger partial charge < -0.3 is 0 Å². The Labute approximate surface area is 91.8 Å². The number of sulfone groups is 1. The standard InChI is InChI=1S/C11H17NO2S/c1-4-11(2,3)12-7-9-5-6-10(8-12)15(9,13)14/h1,9-10H,5-8H2,2-3H3. The summed E-state index contributed by atoms with van der Waals surface area (Å²) in [6, 6.07) is 0. The van der Waals surface area contributed by atoms with Crippen molar-refractivity contribution in [1.29, 1.82) is 0 Å². The third-order valence-electron chi connectivity index (χ3n) is 3.73. The SMILES string of the molecule is C#CC(C)(C)N1CC2CCC(C1)S2(=O)=O. The van der Waals surface area contributed by atoms with Crippen LogP contribution in [-0.4, -0.2) is 42.4 Å². The average molecular weight is 227 g/mol. The van der Waals surface area contributed by atoms with Gasteiger partial charge >= 0.3 is 0 Å². The normalized spacial score (nSPS) is 35.0. The molecule has 84 valence electrons. The predicted octanol–water partition coefficient (Wildman–Crippen LogP) is 0.660. The second-order valence-corrected chi connectivity index (χ2v) is 7.53. The van der Waals surface area contributed by atoms with Crippen molar-refractivity contribution in [3.05, 3.63) is 0 Å². The van der Waals surface area contributed by atoms with Gasteiger partial charge in [0.25, 0.3) is 0 Å². The number of fused-ring (bicyclic) bond motifs is 2. The van der Waals surface area contributed by atoms with Crippen LogP contribution in [0.15, 0.2) is 0 Å². The van der Waals surface area contributed by atoms with Crippen LogP contribution in [0.2, 0.25) is 0 Å². The minimum Gasteiger partial charge on any atom is -0.285 e. The lowest BCUT2D eigenvalue weighted by molar-refractivity contribution is 0.170. The van der Waals surface area contributed by atoms with Crippen molar-refractivity contribution in [3.8, 4) is 12.3 Å². The van der Waals surface area contributed by atoms with Gasteiger partial charge in [-0.2, -0.15) is 0 Å². The molecule has 0 aromatic rings. The van der Waals surface area contributed by atoms with Crippen molar-refractivity contribution in [1.82, 2.24) is 4.90 Å². The summed E-state index contributed by atoms with van der Waals surface area (Å²) in [4.78, 5) is 2.14. The largest absolute Gasteiger partial charge is 0.285 e. The number of nitrogens with zero attached hydrogens (tertiary/aromatic N) is 1. The van der Waals surface area contributed by atoms with Crippen molar-refractivity contribution in [3.63, 3.8) is 0 Å². The van der Waals surface area contributed by atoms with Gasteiger partial charge in [0.15, 0.2) is 9.84 Å². The summed E-state index contributed by atoms with van der Waals surface area (Å²) in [5.74, 6) is 2.74. The molecule has 2 bridgehead atoms. The van der Waals surface area contributed by atoms with E-state index in [1.165, 1.54) is 0 Å². The first kappa shape index (κ1) is 11.0. The van der Waals surface area contributed by atoms with Crippen molar-refractivity contribution in [2.75, 3.05) is 13.1 Å². The van der Waals surface area contributed by atoms with Crippen molar-refractivity contribution >= 4 is 9.84 Å². The van der Waals surface area contributed by atoms with Crippen LogP contribution in [0.4, 0.5) is 0 Å². The Balaban J connectivity index is 2.24. The molecule has 0 amide bonds. The van der Waals surface area contributed by atoms with Crippen LogP contribution >= 0.6 is 0 Å². The molecule has 2 aliphatic heterocycles. The topological polar surface area (TPSA) is 37.4 Å². The maximum atomic E-state index is 11.9. The van der Waals surface area contributed by atoms with Crippen molar-refractivity contribution in [2.45, 2.75) is 42.7 Å². The van der Waals surface area contributed by atoms with Gasteiger partial charge in [-0.25, -0.2) is 8.42 Å². The Bertz CT molecular complexity index is 385. The average Bonchev–Trinajstić information content (AvgIpc) is 2.42. The number of rotatable bonds is 1. The second kappa shape index (κ2) is 3.23. The summed E-state index contributed by atoms with van der Waals surface area (Å²) in [6.07, 6.45) is 7.09. The first-order chi connectivity index (χ1) is 6.88. The van der Waals surface area contributed by atoms with E-state index in [-0.39, 0.29) is 16.0 Å². The molecule has 2 saturated heterocycles. The molecule has 2 rings (SSSR count). The fourth-order valence-electron chi connectivity index (χ4n) is 2.48. The van der Waals surface area contributed by atoms with Gasteiger partial charge in [0.1, 0.15) is 0 Å². The van der Waals surface area contributed by atoms with Gasteiger partial charge in [0.2, 0.25) is 0 Å². The first-order valence-electron chi connectivity index (χ1n) is 5.33. The van der Waals surface area contributed by atoms with Crippen LogP contribution in [0.5, 0.6) is 0 Å². The minimum absolute atomic E-state index is 0.177. The summed E-state index contributed by atoms with van der Waals surface area (Å²) >= 11 is 0. The Hall–Kier alpha value is -0.530. The zero-order valence-corrected chi connectivity index (χ0v) is 10.0. The van der Waals surface area contributed by atoms with Gasteiger partial charge in [-0.3, -0.25) is 4.90 Å². The summed E-state index contributed by atoms with van der Waals surface area (Å²) in [6.45, 7) is 5.17. The zero-order chi connectivity index (χ0) is 11.3. The van der Waals surface area contributed by atoms with E-state index in [2.05, 4.69) is 10.8 Å². The molecule has 0 aliphatic carbocycles. The Kier molecular flexibility index (Phi) is 2.36. The number of terminal acetylenes is 1. The van der Waals surface area contributed by atoms with Gasteiger partial charge in [0.05, 0.1) is 16.0 Å². The molecular weight excluding hydrogens is 210 g/mol. The van der Waals surface area contributed by atoms with Crippen LogP contribution in [0.1, 0.15) is 26.7 Å². The van der Waals surface area contributed by atoms with E-state index in [1.807, 2.05) is 13.8 Å². The minimum atomic E-state index is -2.84. The molecule has 15 heavy (non-hydrogen) atoms. The molecule has 0 spiro atoms. The molecule has 4 heteroatoms. The summed E-state index contributed by atoms with van der Waals surface area (Å²) in [5.41, 5.74) is -0.323. The van der Waals surface area contributed by atoms with E-state index in [4.69, 9.17) is 6.42 Å². The lowest BCUT2D eigenvalue weighted by atomic mass is 10.0. The smallest absolute Gasteiger partial charge is 0.158 e. The van der Waals surface area contributed by atoms with E-state index in [0.29, 0.717) is 13.1 Å². The molecule has 0 aromatic heterocycles. The number of likely N-dealkylation sites (tertiary alicyclic amines) is 1. The van der Waals surface area contributed by atoms with Crippen LogP contribution in [0, 0.1) is 12.3 Å². The van der Waals surface area contributed by atoms with Gasteiger partial charge in [-0.05, 0) is 26.7 Å². The second-order valence-electron chi connectivity index (χ2n) is 5.02. The zero-order valence-electron chi connectivity index (χ0n) is 9.23. The van der Waals surface area contributed by atoms with Crippen molar-refractivity contribution < 1.29 is 8.42 Å². The quantitative estimate of drug-likeness (QED) is 0.618. The predicted molar refractivity (Wildman–Crippen MR) is 60.2 cm³/mol. The maximum Gasteiger partial charge on any atom is 0.158 e. The third-order valence-corrected chi connectivity index (χ3v) is 6.36. The highest BCUT2D eigenvalue weighted by atomic mass is 32.2. The van der Waals surface area contributed by atoms with Gasteiger partial charge in [0, 0.05) is 13.1 Å². The third kappa shape index (κ3) is 1.58. The number of hydrogen-bond acceptors (Lipinski definition) is 3. The molecule has 2 heterocycles. The molecule has 0 N–H and O–H groups in total. The molecule has 3 nitrogen and oxygen atoms in total. The van der Waals surface area contributed by atoms with Crippen LogP contribution in [0.3, 0.4) is 0 Å². The Morgan fingerprint density at radius 3 is 2.13 bits per heavy atom. The molecule has 2 fully saturated rings. The fourth-order valence-corrected chi connectivity index (χ4v) is 4.73. The molecule has 0 radical (unpaired) electrons. The molecule has 2 unspecified atom stereocenters. The van der Waals surface area contributed by atoms with Crippen LogP contribution < -0.4 is 0 Å². The van der Waals surface area contributed by atoms with E-state index < -0.39 is 9.84 Å². The summed E-state index contributed by atoms with van der Waals surface area (Å²) in [5, 5.41) is -0.354. The maximum absolute atomic E-state index is 11.9. The lowest BCUT2D eigenvalue weighted by Gasteiger charge is -2.40. The van der Waals surface area contributed by atoms with Gasteiger partial charge in [-0.1, -0.05) is 5.92 Å². The van der Waals surface area contributed by atoms with Gasteiger partial charge in [-0.15, -0.1) is 6.42 Å².